The summed E-state index contributed by atoms with van der Waals surface area (Å²) in [4.78, 5) is 2.54. The molecule has 0 N–H and O–H groups in total. The lowest BCUT2D eigenvalue weighted by molar-refractivity contribution is 0.630. The van der Waals surface area contributed by atoms with E-state index in [0.29, 0.717) is 5.92 Å². The van der Waals surface area contributed by atoms with Crippen LogP contribution >= 0.6 is 0 Å². The fourth-order valence-electron chi connectivity index (χ4n) is 14.0. The van der Waals surface area contributed by atoms with Gasteiger partial charge in [-0.2, -0.15) is 0 Å². The molecule has 0 saturated heterocycles. The summed E-state index contributed by atoms with van der Waals surface area (Å²) in [6.07, 6.45) is 5.84. The van der Waals surface area contributed by atoms with E-state index in [1.807, 2.05) is 0 Å². The summed E-state index contributed by atoms with van der Waals surface area (Å²) in [5.74, 6) is 0.433. The smallest absolute Gasteiger partial charge is 0.0714 e. The third-order valence-electron chi connectivity index (χ3n) is 17.2. The quantitative estimate of drug-likeness (QED) is 0.147. The number of hydrogen-bond acceptors (Lipinski definition) is 1. The number of rotatable bonds is 8. The fraction of sp³-hybridized carbons (Fsp3) is 0.0667. The molecule has 0 fully saturated rings. The number of allylic oxidation sites excluding steroid dienone is 4. The van der Waals surface area contributed by atoms with Gasteiger partial charge < -0.3 is 4.90 Å². The van der Waals surface area contributed by atoms with Crippen LogP contribution in [0.3, 0.4) is 0 Å². The largest absolute Gasteiger partial charge is 0.310 e. The predicted octanol–water partition coefficient (Wildman–Crippen LogP) is 19.2. The van der Waals surface area contributed by atoms with E-state index < -0.39 is 10.8 Å². The molecule has 0 aliphatic heterocycles. The Morgan fingerprint density at radius 2 is 0.829 bits per heavy atom. The molecule has 0 amide bonds. The molecular formula is C75H53N. The van der Waals surface area contributed by atoms with E-state index in [9.17, 15) is 0 Å². The lowest BCUT2D eigenvalue weighted by Gasteiger charge is -2.35. The Labute approximate surface area is 446 Å². The van der Waals surface area contributed by atoms with Gasteiger partial charge in [-0.3, -0.25) is 0 Å². The van der Waals surface area contributed by atoms with E-state index in [2.05, 4.69) is 297 Å². The van der Waals surface area contributed by atoms with E-state index in [1.54, 1.807) is 0 Å². The van der Waals surface area contributed by atoms with Gasteiger partial charge in [-0.15, -0.1) is 0 Å². The van der Waals surface area contributed by atoms with Crippen molar-refractivity contribution in [2.45, 2.75) is 24.2 Å². The van der Waals surface area contributed by atoms with Crippen molar-refractivity contribution in [3.63, 3.8) is 0 Å². The second-order valence-corrected chi connectivity index (χ2v) is 21.1. The molecule has 1 spiro atoms. The van der Waals surface area contributed by atoms with Gasteiger partial charge in [-0.25, -0.2) is 0 Å². The minimum atomic E-state index is -0.567. The van der Waals surface area contributed by atoms with Crippen molar-refractivity contribution in [2.75, 3.05) is 4.90 Å². The fourth-order valence-corrected chi connectivity index (χ4v) is 14.0. The van der Waals surface area contributed by atoms with Gasteiger partial charge in [0, 0.05) is 16.9 Å². The first-order chi connectivity index (χ1) is 37.6. The van der Waals surface area contributed by atoms with Crippen molar-refractivity contribution in [1.82, 2.24) is 0 Å². The average molecular weight is 968 g/mol. The van der Waals surface area contributed by atoms with Gasteiger partial charge in [0.2, 0.25) is 0 Å². The van der Waals surface area contributed by atoms with Gasteiger partial charge in [0.05, 0.1) is 16.5 Å². The van der Waals surface area contributed by atoms with Crippen LogP contribution in [-0.4, -0.2) is 0 Å². The molecule has 0 aromatic heterocycles. The summed E-state index contributed by atoms with van der Waals surface area (Å²) >= 11 is 0. The summed E-state index contributed by atoms with van der Waals surface area (Å²) in [6.45, 7) is 2.37. The second kappa shape index (κ2) is 17.4. The highest BCUT2D eigenvalue weighted by molar-refractivity contribution is 6.04. The maximum Gasteiger partial charge on any atom is 0.0714 e. The molecule has 1 nitrogen and oxygen atoms in total. The molecule has 0 bridgehead atoms. The Bertz CT molecular complexity index is 4090. The molecule has 11 aromatic carbocycles. The minimum Gasteiger partial charge on any atom is -0.310 e. The van der Waals surface area contributed by atoms with Crippen LogP contribution in [0.2, 0.25) is 0 Å². The number of anilines is 3. The van der Waals surface area contributed by atoms with Crippen LogP contribution in [0.15, 0.2) is 291 Å². The Hall–Kier alpha value is -9.30. The zero-order valence-corrected chi connectivity index (χ0v) is 42.4. The highest BCUT2D eigenvalue weighted by Crippen LogP contribution is 2.66. The number of fused-ring (bicyclic) bond motifs is 12. The van der Waals surface area contributed by atoms with Gasteiger partial charge in [0.25, 0.3) is 0 Å². The molecule has 4 aliphatic carbocycles. The van der Waals surface area contributed by atoms with Crippen LogP contribution in [0.1, 0.15) is 57.9 Å². The van der Waals surface area contributed by atoms with Crippen molar-refractivity contribution in [2.24, 2.45) is 5.92 Å². The molecule has 1 heteroatoms. The molecule has 11 aromatic rings. The Morgan fingerprint density at radius 3 is 1.50 bits per heavy atom. The van der Waals surface area contributed by atoms with Crippen molar-refractivity contribution < 1.29 is 0 Å². The minimum absolute atomic E-state index is 0.412. The SMILES string of the molecule is CC1C=CC2=C(C1)C1(c3ccccc32)c2ccccc2-c2c(-c3cc(-c4ccccc4)ccc3N(c3ccc(-c4ccccc4)cc3)c3ccc4c(c3)C(c3ccccc3)(c3ccccc3)c3ccccc3-4)cccc21. The van der Waals surface area contributed by atoms with Crippen molar-refractivity contribution in [3.05, 3.63) is 335 Å². The highest BCUT2D eigenvalue weighted by Gasteiger charge is 2.54. The lowest BCUT2D eigenvalue weighted by Crippen LogP contribution is -2.28. The number of nitrogens with zero attached hydrogens (tertiary/aromatic N) is 1. The van der Waals surface area contributed by atoms with Crippen LogP contribution in [0.5, 0.6) is 0 Å². The molecule has 0 radical (unpaired) electrons. The number of hydrogen-bond donors (Lipinski definition) is 0. The van der Waals surface area contributed by atoms with E-state index in [0.717, 1.165) is 23.5 Å². The van der Waals surface area contributed by atoms with Crippen molar-refractivity contribution in [1.29, 1.82) is 0 Å². The molecule has 2 unspecified atom stereocenters. The zero-order valence-electron chi connectivity index (χ0n) is 42.4. The van der Waals surface area contributed by atoms with Crippen LogP contribution in [0.25, 0.3) is 61.2 Å². The first kappa shape index (κ1) is 44.2. The predicted molar refractivity (Wildman–Crippen MR) is 316 cm³/mol. The molecule has 76 heavy (non-hydrogen) atoms. The summed E-state index contributed by atoms with van der Waals surface area (Å²) in [6, 6.07) is 102. The van der Waals surface area contributed by atoms with Gasteiger partial charge >= 0.3 is 0 Å². The molecule has 15 rings (SSSR count). The zero-order chi connectivity index (χ0) is 50.4. The van der Waals surface area contributed by atoms with Gasteiger partial charge in [-0.1, -0.05) is 256 Å². The first-order valence-electron chi connectivity index (χ1n) is 26.9. The van der Waals surface area contributed by atoms with Crippen LogP contribution in [0, 0.1) is 5.92 Å². The first-order valence-corrected chi connectivity index (χ1v) is 26.9. The maximum absolute atomic E-state index is 2.54. The third kappa shape index (κ3) is 6.39. The summed E-state index contributed by atoms with van der Waals surface area (Å²) in [5, 5.41) is 0. The van der Waals surface area contributed by atoms with E-state index >= 15 is 0 Å². The van der Waals surface area contributed by atoms with Gasteiger partial charge in [0.1, 0.15) is 0 Å². The summed E-state index contributed by atoms with van der Waals surface area (Å²) in [7, 11) is 0. The molecular weight excluding hydrogens is 915 g/mol. The third-order valence-corrected chi connectivity index (χ3v) is 17.2. The van der Waals surface area contributed by atoms with Crippen LogP contribution in [0.4, 0.5) is 17.1 Å². The Balaban J connectivity index is 1.02. The lowest BCUT2D eigenvalue weighted by atomic mass is 9.67. The summed E-state index contributed by atoms with van der Waals surface area (Å²) < 4.78 is 0. The Morgan fingerprint density at radius 1 is 0.342 bits per heavy atom. The van der Waals surface area contributed by atoms with E-state index in [1.165, 1.54) is 111 Å². The monoisotopic (exact) mass is 967 g/mol. The molecule has 4 aliphatic rings. The van der Waals surface area contributed by atoms with Crippen molar-refractivity contribution >= 4 is 22.6 Å². The van der Waals surface area contributed by atoms with E-state index in [-0.39, 0.29) is 0 Å². The molecule has 358 valence electrons. The highest BCUT2D eigenvalue weighted by atomic mass is 15.1. The van der Waals surface area contributed by atoms with Crippen LogP contribution in [-0.2, 0) is 10.8 Å². The maximum atomic E-state index is 2.54. The van der Waals surface area contributed by atoms with Crippen LogP contribution < -0.4 is 4.90 Å². The summed E-state index contributed by atoms with van der Waals surface area (Å²) in [5.41, 5.74) is 28.1. The molecule has 2 atom stereocenters. The normalized spacial score (nSPS) is 16.9. The molecule has 0 heterocycles. The van der Waals surface area contributed by atoms with E-state index in [4.69, 9.17) is 0 Å². The topological polar surface area (TPSA) is 3.24 Å². The van der Waals surface area contributed by atoms with Gasteiger partial charge in [-0.05, 0) is 154 Å². The Kier molecular flexibility index (Phi) is 10.1. The van der Waals surface area contributed by atoms with Gasteiger partial charge in [0.15, 0.2) is 0 Å². The van der Waals surface area contributed by atoms with Crippen molar-refractivity contribution in [3.8, 4) is 55.6 Å². The molecule has 0 saturated carbocycles. The second-order valence-electron chi connectivity index (χ2n) is 21.1. The number of benzene rings is 11. The average Bonchev–Trinajstić information content (AvgIpc) is 4.30. The standard InChI is InChI=1S/C75H53N/c1-50-37-44-61-60-30-15-18-34-67(60)75(70(61)47-50)68-35-19-16-31-64(68)73-63(32-20-36-69(73)75)65-48-54(52-23-8-3-9-24-52)40-46-72(65)76(57-41-38-53(39-42-57)51-21-6-2-7-22-51)58-43-45-62-59-29-14-17-33-66(59)74(71(62)49-58,55-25-10-4-11-26-55)56-27-12-5-13-28-56/h2-46,48-50H,47H2,1H3.